The van der Waals surface area contributed by atoms with Gasteiger partial charge in [-0.05, 0) is 25.0 Å². The molecule has 1 unspecified atom stereocenters. The molecule has 0 fully saturated rings. The second-order valence-corrected chi connectivity index (χ2v) is 5.84. The van der Waals surface area contributed by atoms with Gasteiger partial charge >= 0.3 is 0 Å². The van der Waals surface area contributed by atoms with Crippen LogP contribution in [0, 0.1) is 12.8 Å². The molecular formula is C15H20N2OS. The van der Waals surface area contributed by atoms with Crippen LogP contribution < -0.4 is 5.32 Å². The van der Waals surface area contributed by atoms with Gasteiger partial charge in [-0.2, -0.15) is 0 Å². The predicted molar refractivity (Wildman–Crippen MR) is 81.8 cm³/mol. The number of thiazole rings is 1. The molecule has 1 atom stereocenters. The van der Waals surface area contributed by atoms with Crippen LogP contribution in [0.1, 0.15) is 11.9 Å². The molecule has 0 bridgehead atoms. The molecule has 2 rings (SSSR count). The molecule has 0 aliphatic heterocycles. The van der Waals surface area contributed by atoms with E-state index in [0.29, 0.717) is 5.92 Å². The van der Waals surface area contributed by atoms with Crippen molar-refractivity contribution in [3.63, 3.8) is 0 Å². The van der Waals surface area contributed by atoms with Crippen LogP contribution in [-0.4, -0.2) is 25.2 Å². The van der Waals surface area contributed by atoms with E-state index in [0.717, 1.165) is 35.1 Å². The Labute approximate surface area is 118 Å². The van der Waals surface area contributed by atoms with Crippen molar-refractivity contribution < 1.29 is 4.74 Å². The molecule has 0 amide bonds. The van der Waals surface area contributed by atoms with Crippen molar-refractivity contribution in [3.05, 3.63) is 34.7 Å². The SMILES string of the molecule is COCC(C)CNc1cccc(-c2csc(C)n2)c1. The topological polar surface area (TPSA) is 34.1 Å². The number of aromatic nitrogens is 1. The maximum absolute atomic E-state index is 5.14. The Hall–Kier alpha value is -1.39. The molecule has 1 aromatic carbocycles. The standard InChI is InChI=1S/C15H20N2OS/c1-11(9-18-3)8-16-14-6-4-5-13(7-14)15-10-19-12(2)17-15/h4-7,10-11,16H,8-9H2,1-3H3. The lowest BCUT2D eigenvalue weighted by molar-refractivity contribution is 0.164. The van der Waals surface area contributed by atoms with Crippen molar-refractivity contribution in [2.45, 2.75) is 13.8 Å². The van der Waals surface area contributed by atoms with Crippen molar-refractivity contribution in [3.8, 4) is 11.3 Å². The number of hydrogen-bond donors (Lipinski definition) is 1. The maximum atomic E-state index is 5.14. The third-order valence-electron chi connectivity index (χ3n) is 2.88. The number of hydrogen-bond acceptors (Lipinski definition) is 4. The van der Waals surface area contributed by atoms with Crippen molar-refractivity contribution in [2.75, 3.05) is 25.6 Å². The third-order valence-corrected chi connectivity index (χ3v) is 3.66. The van der Waals surface area contributed by atoms with Gasteiger partial charge in [0.15, 0.2) is 0 Å². The molecule has 0 saturated heterocycles. The molecule has 0 spiro atoms. The second-order valence-electron chi connectivity index (χ2n) is 4.77. The van der Waals surface area contributed by atoms with Gasteiger partial charge in [-0.15, -0.1) is 11.3 Å². The average molecular weight is 276 g/mol. The van der Waals surface area contributed by atoms with E-state index in [-0.39, 0.29) is 0 Å². The van der Waals surface area contributed by atoms with Crippen LogP contribution in [0.5, 0.6) is 0 Å². The number of nitrogens with one attached hydrogen (secondary N) is 1. The van der Waals surface area contributed by atoms with Crippen molar-refractivity contribution in [2.24, 2.45) is 5.92 Å². The highest BCUT2D eigenvalue weighted by Gasteiger charge is 2.04. The molecule has 1 aromatic heterocycles. The Morgan fingerprint density at radius 3 is 2.95 bits per heavy atom. The van der Waals surface area contributed by atoms with Crippen molar-refractivity contribution >= 4 is 17.0 Å². The largest absolute Gasteiger partial charge is 0.385 e. The van der Waals surface area contributed by atoms with E-state index < -0.39 is 0 Å². The van der Waals surface area contributed by atoms with Crippen LogP contribution in [0.3, 0.4) is 0 Å². The Bertz CT molecular complexity index is 524. The smallest absolute Gasteiger partial charge is 0.0901 e. The van der Waals surface area contributed by atoms with Gasteiger partial charge in [0, 0.05) is 30.3 Å². The molecule has 0 radical (unpaired) electrons. The number of ether oxygens (including phenoxy) is 1. The Morgan fingerprint density at radius 1 is 1.42 bits per heavy atom. The van der Waals surface area contributed by atoms with Crippen LogP contribution >= 0.6 is 11.3 Å². The van der Waals surface area contributed by atoms with Crippen LogP contribution in [0.15, 0.2) is 29.6 Å². The van der Waals surface area contributed by atoms with Gasteiger partial charge in [0.25, 0.3) is 0 Å². The number of rotatable bonds is 6. The quantitative estimate of drug-likeness (QED) is 0.871. The fourth-order valence-corrected chi connectivity index (χ4v) is 2.54. The van der Waals surface area contributed by atoms with E-state index in [9.17, 15) is 0 Å². The second kappa shape index (κ2) is 6.68. The van der Waals surface area contributed by atoms with Gasteiger partial charge < -0.3 is 10.1 Å². The fraction of sp³-hybridized carbons (Fsp3) is 0.400. The maximum Gasteiger partial charge on any atom is 0.0901 e. The Balaban J connectivity index is 2.03. The molecule has 3 nitrogen and oxygen atoms in total. The molecular weight excluding hydrogens is 256 g/mol. The summed E-state index contributed by atoms with van der Waals surface area (Å²) in [5.41, 5.74) is 3.34. The summed E-state index contributed by atoms with van der Waals surface area (Å²) in [6.07, 6.45) is 0. The number of nitrogens with zero attached hydrogens (tertiary/aromatic N) is 1. The monoisotopic (exact) mass is 276 g/mol. The number of aryl methyl sites for hydroxylation is 1. The molecule has 19 heavy (non-hydrogen) atoms. The van der Waals surface area contributed by atoms with Gasteiger partial charge in [0.05, 0.1) is 17.3 Å². The zero-order valence-electron chi connectivity index (χ0n) is 11.6. The van der Waals surface area contributed by atoms with Crippen molar-refractivity contribution in [1.29, 1.82) is 0 Å². The molecule has 1 heterocycles. The minimum Gasteiger partial charge on any atom is -0.385 e. The summed E-state index contributed by atoms with van der Waals surface area (Å²) in [7, 11) is 1.74. The molecule has 0 aliphatic rings. The van der Waals surface area contributed by atoms with Gasteiger partial charge in [-0.1, -0.05) is 19.1 Å². The lowest BCUT2D eigenvalue weighted by atomic mass is 10.1. The number of anilines is 1. The molecule has 1 N–H and O–H groups in total. The zero-order valence-corrected chi connectivity index (χ0v) is 12.5. The summed E-state index contributed by atoms with van der Waals surface area (Å²) < 4.78 is 5.14. The minimum atomic E-state index is 0.496. The van der Waals surface area contributed by atoms with Crippen molar-refractivity contribution in [1.82, 2.24) is 4.98 Å². The Morgan fingerprint density at radius 2 is 2.26 bits per heavy atom. The van der Waals surface area contributed by atoms with E-state index in [2.05, 4.69) is 46.9 Å². The van der Waals surface area contributed by atoms with Crippen LogP contribution in [0.2, 0.25) is 0 Å². The number of benzene rings is 1. The third kappa shape index (κ3) is 4.04. The van der Waals surface area contributed by atoms with Gasteiger partial charge in [0.1, 0.15) is 0 Å². The molecule has 2 aromatic rings. The number of methoxy groups -OCH3 is 1. The van der Waals surface area contributed by atoms with E-state index in [1.165, 1.54) is 0 Å². The first-order valence-corrected chi connectivity index (χ1v) is 7.32. The highest BCUT2D eigenvalue weighted by atomic mass is 32.1. The lowest BCUT2D eigenvalue weighted by Gasteiger charge is -2.13. The van der Waals surface area contributed by atoms with Gasteiger partial charge in [-0.3, -0.25) is 0 Å². The predicted octanol–water partition coefficient (Wildman–Crippen LogP) is 3.81. The lowest BCUT2D eigenvalue weighted by Crippen LogP contribution is -2.15. The fourth-order valence-electron chi connectivity index (χ4n) is 1.92. The summed E-state index contributed by atoms with van der Waals surface area (Å²) in [4.78, 5) is 4.52. The van der Waals surface area contributed by atoms with E-state index in [4.69, 9.17) is 4.74 Å². The summed E-state index contributed by atoms with van der Waals surface area (Å²) in [5.74, 6) is 0.496. The zero-order chi connectivity index (χ0) is 13.7. The van der Waals surface area contributed by atoms with Crippen LogP contribution in [-0.2, 0) is 4.74 Å². The highest BCUT2D eigenvalue weighted by Crippen LogP contribution is 2.24. The first kappa shape index (κ1) is 14.0. The van der Waals surface area contributed by atoms with Gasteiger partial charge in [0.2, 0.25) is 0 Å². The Kier molecular flexibility index (Phi) is 4.93. The van der Waals surface area contributed by atoms with E-state index in [1.807, 2.05) is 6.92 Å². The first-order chi connectivity index (χ1) is 9.19. The minimum absolute atomic E-state index is 0.496. The average Bonchev–Trinajstić information content (AvgIpc) is 2.84. The van der Waals surface area contributed by atoms with Gasteiger partial charge in [-0.25, -0.2) is 4.98 Å². The molecule has 0 saturated carbocycles. The summed E-state index contributed by atoms with van der Waals surface area (Å²) in [6, 6.07) is 8.39. The molecule has 4 heteroatoms. The normalized spacial score (nSPS) is 12.4. The summed E-state index contributed by atoms with van der Waals surface area (Å²) >= 11 is 1.68. The van der Waals surface area contributed by atoms with Crippen LogP contribution in [0.4, 0.5) is 5.69 Å². The molecule has 0 aliphatic carbocycles. The van der Waals surface area contributed by atoms with Crippen LogP contribution in [0.25, 0.3) is 11.3 Å². The summed E-state index contributed by atoms with van der Waals surface area (Å²) in [5, 5.41) is 6.64. The first-order valence-electron chi connectivity index (χ1n) is 6.44. The highest BCUT2D eigenvalue weighted by molar-refractivity contribution is 7.09. The summed E-state index contributed by atoms with van der Waals surface area (Å²) in [6.45, 7) is 5.89. The van der Waals surface area contributed by atoms with E-state index >= 15 is 0 Å². The molecule has 102 valence electrons. The van der Waals surface area contributed by atoms with E-state index in [1.54, 1.807) is 18.4 Å².